The normalized spacial score (nSPS) is 12.8. The molecule has 1 N–H and O–H groups in total. The molecular weight excluding hydrogens is 534 g/mol. The summed E-state index contributed by atoms with van der Waals surface area (Å²) in [6.45, 7) is 3.50. The highest BCUT2D eigenvalue weighted by atomic mass is 35.5. The van der Waals surface area contributed by atoms with Crippen LogP contribution in [0.4, 0.5) is 13.9 Å². The van der Waals surface area contributed by atoms with Crippen LogP contribution < -0.4 is 10.9 Å². The van der Waals surface area contributed by atoms with Crippen molar-refractivity contribution < 1.29 is 13.6 Å². The molecule has 4 heterocycles. The molecule has 0 atom stereocenters. The second-order valence-electron chi connectivity index (χ2n) is 8.76. The summed E-state index contributed by atoms with van der Waals surface area (Å²) >= 11 is 7.47. The lowest BCUT2D eigenvalue weighted by atomic mass is 10.0. The summed E-state index contributed by atoms with van der Waals surface area (Å²) in [5.41, 5.74) is 0.831. The molecule has 0 aromatic carbocycles. The molecule has 0 bridgehead atoms. The van der Waals surface area contributed by atoms with Crippen molar-refractivity contribution in [2.24, 2.45) is 5.92 Å². The highest BCUT2D eigenvalue weighted by Gasteiger charge is 2.22. The van der Waals surface area contributed by atoms with Crippen molar-refractivity contribution >= 4 is 34.0 Å². The summed E-state index contributed by atoms with van der Waals surface area (Å²) in [4.78, 5) is 34.2. The number of anilines is 1. The van der Waals surface area contributed by atoms with Crippen LogP contribution in [0.15, 0.2) is 41.6 Å². The monoisotopic (exact) mass is 552 g/mol. The third-order valence-corrected chi connectivity index (χ3v) is 6.77. The van der Waals surface area contributed by atoms with Crippen molar-refractivity contribution in [2.45, 2.75) is 33.1 Å². The Labute approximate surface area is 224 Å². The number of nitrogens with zero attached hydrogens (tertiary/aromatic N) is 5. The average Bonchev–Trinajstić information content (AvgIpc) is 3.62. The maximum Gasteiger partial charge on any atom is 0.280 e. The van der Waals surface area contributed by atoms with E-state index in [0.717, 1.165) is 42.0 Å². The number of aromatic nitrogens is 5. The van der Waals surface area contributed by atoms with E-state index >= 15 is 0 Å². The number of nitrogens with one attached hydrogen (secondary N) is 1. The number of hydrogen-bond acceptors (Lipinski definition) is 7. The molecule has 192 valence electrons. The number of hydrogen-bond donors (Lipinski definition) is 1. The third-order valence-electron chi connectivity index (χ3n) is 5.71. The number of carbonyl (C=O) groups excluding carboxylic acids is 1. The van der Waals surface area contributed by atoms with E-state index in [1.807, 2.05) is 6.92 Å². The number of halogens is 3. The average molecular weight is 553 g/mol. The summed E-state index contributed by atoms with van der Waals surface area (Å²) in [6.07, 6.45) is 3.24. The van der Waals surface area contributed by atoms with E-state index in [9.17, 15) is 18.4 Å². The van der Waals surface area contributed by atoms with Crippen LogP contribution in [0, 0.1) is 31.6 Å². The zero-order valence-corrected chi connectivity index (χ0v) is 21.7. The zero-order valence-electron chi connectivity index (χ0n) is 20.1. The fraction of sp³-hybridized carbons (Fsp3) is 0.231. The van der Waals surface area contributed by atoms with Crippen molar-refractivity contribution in [1.29, 1.82) is 0 Å². The van der Waals surface area contributed by atoms with Crippen LogP contribution in [0.3, 0.4) is 0 Å². The lowest BCUT2D eigenvalue weighted by Gasteiger charge is -2.14. The number of alkyl halides is 2. The Morgan fingerprint density at radius 2 is 1.95 bits per heavy atom. The maximum absolute atomic E-state index is 13.5. The van der Waals surface area contributed by atoms with Crippen molar-refractivity contribution in [3.8, 4) is 28.8 Å². The van der Waals surface area contributed by atoms with E-state index in [1.165, 1.54) is 16.8 Å². The molecule has 0 radical (unpaired) electrons. The fourth-order valence-corrected chi connectivity index (χ4v) is 4.51. The van der Waals surface area contributed by atoms with Gasteiger partial charge in [-0.2, -0.15) is 0 Å². The molecule has 4 aromatic rings. The number of amides is 1. The van der Waals surface area contributed by atoms with Gasteiger partial charge in [-0.25, -0.2) is 13.8 Å². The fourth-order valence-electron chi connectivity index (χ4n) is 3.70. The molecular formula is C26H19ClF2N6O2S. The van der Waals surface area contributed by atoms with E-state index < -0.39 is 18.0 Å². The van der Waals surface area contributed by atoms with E-state index in [4.69, 9.17) is 11.6 Å². The molecule has 38 heavy (non-hydrogen) atoms. The molecule has 0 spiro atoms. The van der Waals surface area contributed by atoms with Gasteiger partial charge in [0.05, 0.1) is 10.6 Å². The first kappa shape index (κ1) is 25.6. The molecule has 12 heteroatoms. The van der Waals surface area contributed by atoms with Crippen LogP contribution in [-0.2, 0) is 0 Å². The molecule has 4 aromatic heterocycles. The van der Waals surface area contributed by atoms with E-state index in [0.29, 0.717) is 16.5 Å². The van der Waals surface area contributed by atoms with Gasteiger partial charge in [-0.05, 0) is 56.4 Å². The van der Waals surface area contributed by atoms with Crippen LogP contribution in [0.25, 0.3) is 16.9 Å². The summed E-state index contributed by atoms with van der Waals surface area (Å²) in [7, 11) is 0. The SMILES string of the molecule is Cc1cc(C)c(=O)n(-c2cc(-c3cc(C(F)F)ncc3Cl)c(C(=O)Nc3nnc(C#CC4CC4)s3)cn2)c1. The molecule has 5 rings (SSSR count). The summed E-state index contributed by atoms with van der Waals surface area (Å²) in [5, 5.41) is 11.3. The van der Waals surface area contributed by atoms with Gasteiger partial charge in [0.15, 0.2) is 5.01 Å². The second-order valence-corrected chi connectivity index (χ2v) is 10.1. The van der Waals surface area contributed by atoms with Gasteiger partial charge in [0.1, 0.15) is 11.5 Å². The minimum absolute atomic E-state index is 0.0281. The molecule has 1 saturated carbocycles. The Morgan fingerprint density at radius 3 is 2.68 bits per heavy atom. The minimum Gasteiger partial charge on any atom is -0.296 e. The molecule has 1 fully saturated rings. The molecule has 0 unspecified atom stereocenters. The van der Waals surface area contributed by atoms with Gasteiger partial charge in [-0.1, -0.05) is 28.9 Å². The Morgan fingerprint density at radius 1 is 1.16 bits per heavy atom. The van der Waals surface area contributed by atoms with Crippen LogP contribution >= 0.6 is 22.9 Å². The molecule has 0 aliphatic heterocycles. The van der Waals surface area contributed by atoms with E-state index in [1.54, 1.807) is 19.2 Å². The van der Waals surface area contributed by atoms with Crippen molar-refractivity contribution in [1.82, 2.24) is 24.7 Å². The lowest BCUT2D eigenvalue weighted by Crippen LogP contribution is -2.22. The van der Waals surface area contributed by atoms with Crippen LogP contribution in [0.5, 0.6) is 0 Å². The van der Waals surface area contributed by atoms with Crippen LogP contribution in [-0.4, -0.2) is 30.6 Å². The standard InChI is InChI=1S/C26H19ClF2N6O2S/c1-13-7-14(2)25(37)35(12-13)21-9-16(17-8-20(23(28)29)30-11-19(17)27)18(10-31-21)24(36)32-26-34-33-22(38-26)6-5-15-3-4-15/h7-12,15,23H,3-4H2,1-2H3,(H,32,34,36). The Bertz CT molecular complexity index is 1690. The Balaban J connectivity index is 1.59. The van der Waals surface area contributed by atoms with E-state index in [2.05, 4.69) is 37.3 Å². The van der Waals surface area contributed by atoms with Crippen molar-refractivity contribution in [2.75, 3.05) is 5.32 Å². The third kappa shape index (κ3) is 5.46. The molecule has 1 amide bonds. The zero-order chi connectivity index (χ0) is 27.0. The largest absolute Gasteiger partial charge is 0.296 e. The first-order valence-corrected chi connectivity index (χ1v) is 12.7. The highest BCUT2D eigenvalue weighted by molar-refractivity contribution is 7.15. The van der Waals surface area contributed by atoms with Crippen molar-refractivity contribution in [3.63, 3.8) is 0 Å². The molecule has 1 aliphatic carbocycles. The van der Waals surface area contributed by atoms with Gasteiger partial charge in [-0.3, -0.25) is 24.5 Å². The minimum atomic E-state index is -2.86. The first-order valence-electron chi connectivity index (χ1n) is 11.5. The smallest absolute Gasteiger partial charge is 0.280 e. The van der Waals surface area contributed by atoms with Gasteiger partial charge in [0, 0.05) is 41.2 Å². The highest BCUT2D eigenvalue weighted by Crippen LogP contribution is 2.34. The predicted molar refractivity (Wildman–Crippen MR) is 140 cm³/mol. The first-order chi connectivity index (χ1) is 18.2. The predicted octanol–water partition coefficient (Wildman–Crippen LogP) is 5.37. The number of pyridine rings is 3. The van der Waals surface area contributed by atoms with Gasteiger partial charge < -0.3 is 0 Å². The summed E-state index contributed by atoms with van der Waals surface area (Å²) in [6, 6.07) is 4.31. The topological polar surface area (TPSA) is 103 Å². The Kier molecular flexibility index (Phi) is 7.01. The quantitative estimate of drug-likeness (QED) is 0.334. The van der Waals surface area contributed by atoms with Gasteiger partial charge in [0.2, 0.25) is 5.13 Å². The maximum atomic E-state index is 13.5. The molecule has 0 saturated heterocycles. The molecule has 1 aliphatic rings. The van der Waals surface area contributed by atoms with Crippen LogP contribution in [0.2, 0.25) is 5.02 Å². The number of carbonyl (C=O) groups is 1. The van der Waals surface area contributed by atoms with Crippen molar-refractivity contribution in [3.05, 3.63) is 79.6 Å². The summed E-state index contributed by atoms with van der Waals surface area (Å²) in [5.74, 6) is 5.99. The second kappa shape index (κ2) is 10.4. The van der Waals surface area contributed by atoms with Gasteiger partial charge >= 0.3 is 0 Å². The number of aryl methyl sites for hydroxylation is 2. The van der Waals surface area contributed by atoms with Crippen LogP contribution in [0.1, 0.15) is 51.5 Å². The van der Waals surface area contributed by atoms with E-state index in [-0.39, 0.29) is 38.2 Å². The molecule has 8 nitrogen and oxygen atoms in total. The lowest BCUT2D eigenvalue weighted by molar-refractivity contribution is 0.102. The number of rotatable bonds is 5. The summed E-state index contributed by atoms with van der Waals surface area (Å²) < 4.78 is 28.3. The van der Waals surface area contributed by atoms with Gasteiger partial charge in [-0.15, -0.1) is 10.2 Å². The Hall–Kier alpha value is -4.01. The van der Waals surface area contributed by atoms with Gasteiger partial charge in [0.25, 0.3) is 17.9 Å².